The van der Waals surface area contributed by atoms with E-state index in [1.165, 1.54) is 24.5 Å². The number of hydrogen-bond donors (Lipinski definition) is 2. The van der Waals surface area contributed by atoms with E-state index in [9.17, 15) is 34.8 Å². The van der Waals surface area contributed by atoms with Gasteiger partial charge in [0.15, 0.2) is 12.4 Å². The van der Waals surface area contributed by atoms with Crippen LogP contribution in [0.1, 0.15) is 11.1 Å². The lowest BCUT2D eigenvalue weighted by atomic mass is 10.1. The van der Waals surface area contributed by atoms with Crippen molar-refractivity contribution in [1.29, 1.82) is 10.5 Å². The molecule has 4 rings (SSSR count). The number of rotatable bonds is 8. The molecule has 4 aromatic carbocycles. The molecular weight excluding hydrogens is 602 g/mol. The Balaban J connectivity index is 1.53. The van der Waals surface area contributed by atoms with E-state index in [0.717, 1.165) is 60.7 Å². The molecule has 43 heavy (non-hydrogen) atoms. The van der Waals surface area contributed by atoms with Gasteiger partial charge in [0.05, 0.1) is 9.79 Å². The first kappa shape index (κ1) is 30.5. The minimum atomic E-state index is -4.81. The molecule has 0 aliphatic heterocycles. The Bertz CT molecular complexity index is 1700. The molecule has 0 radical (unpaired) electrons. The van der Waals surface area contributed by atoms with Crippen molar-refractivity contribution < 1.29 is 44.2 Å². The van der Waals surface area contributed by atoms with Crippen LogP contribution in [0, 0.1) is 22.9 Å². The zero-order chi connectivity index (χ0) is 31.4. The van der Waals surface area contributed by atoms with Crippen LogP contribution in [0.15, 0.2) is 94.7 Å². The average Bonchev–Trinajstić information content (AvgIpc) is 2.94. The highest BCUT2D eigenvalue weighted by Gasteiger charge is 2.36. The summed E-state index contributed by atoms with van der Waals surface area (Å²) in [7, 11) is -4.15. The number of benzene rings is 4. The van der Waals surface area contributed by atoms with Crippen molar-refractivity contribution in [3.05, 3.63) is 96.1 Å². The molecular formula is C28H16F6N4O4S. The first-order valence-corrected chi connectivity index (χ1v) is 13.2. The zero-order valence-corrected chi connectivity index (χ0v) is 22.1. The monoisotopic (exact) mass is 618 g/mol. The summed E-state index contributed by atoms with van der Waals surface area (Å²) in [6.45, 7) is 0. The van der Waals surface area contributed by atoms with Gasteiger partial charge in [-0.1, -0.05) is 0 Å². The minimum absolute atomic E-state index is 0.105. The topological polar surface area (TPSA) is 124 Å². The first-order valence-electron chi connectivity index (χ1n) is 11.8. The minimum Gasteiger partial charge on any atom is -0.457 e. The van der Waals surface area contributed by atoms with Crippen LogP contribution in [0.5, 0.6) is 23.0 Å². The van der Waals surface area contributed by atoms with Crippen LogP contribution in [0.3, 0.4) is 0 Å². The van der Waals surface area contributed by atoms with E-state index in [-0.39, 0.29) is 32.7 Å². The summed E-state index contributed by atoms with van der Waals surface area (Å²) in [5.41, 5.74) is -2.54. The number of anilines is 2. The SMILES string of the molecule is N#CNc1ccc(Oc2ccc(S(=O)(=O)c3ccc(Oc4ccc(NC#N)cc4C(F)(F)F)cc3)cc2)c(C(F)(F)F)c1. The summed E-state index contributed by atoms with van der Waals surface area (Å²) in [5.74, 6) is -1.37. The first-order chi connectivity index (χ1) is 20.2. The summed E-state index contributed by atoms with van der Waals surface area (Å²) in [6, 6.07) is 14.8. The zero-order valence-electron chi connectivity index (χ0n) is 21.3. The number of ether oxygens (including phenoxy) is 2. The van der Waals surface area contributed by atoms with E-state index < -0.39 is 44.8 Å². The molecule has 0 aliphatic rings. The Labute approximate surface area is 240 Å². The molecule has 0 amide bonds. The van der Waals surface area contributed by atoms with E-state index in [0.29, 0.717) is 12.1 Å². The third-order valence-corrected chi connectivity index (χ3v) is 7.48. The predicted octanol–water partition coefficient (Wildman–Crippen LogP) is 7.93. The third kappa shape index (κ3) is 7.09. The molecule has 4 aromatic rings. The van der Waals surface area contributed by atoms with Crippen LogP contribution in [0.2, 0.25) is 0 Å². The number of halogens is 6. The Hall–Kier alpha value is -5.41. The summed E-state index contributed by atoms with van der Waals surface area (Å²) >= 11 is 0. The summed E-state index contributed by atoms with van der Waals surface area (Å²) < 4.78 is 118. The Morgan fingerprint density at radius 2 is 0.930 bits per heavy atom. The maximum absolute atomic E-state index is 13.5. The maximum atomic E-state index is 13.5. The van der Waals surface area contributed by atoms with Crippen molar-refractivity contribution >= 4 is 21.2 Å². The third-order valence-electron chi connectivity index (χ3n) is 5.69. The highest BCUT2D eigenvalue weighted by molar-refractivity contribution is 7.91. The number of nitrogens with one attached hydrogen (secondary N) is 2. The molecule has 8 nitrogen and oxygen atoms in total. The van der Waals surface area contributed by atoms with Gasteiger partial charge in [0.25, 0.3) is 0 Å². The number of sulfone groups is 1. The van der Waals surface area contributed by atoms with Gasteiger partial charge in [-0.15, -0.1) is 0 Å². The lowest BCUT2D eigenvalue weighted by Gasteiger charge is -2.15. The number of nitrogens with zero attached hydrogens (tertiary/aromatic N) is 2. The highest BCUT2D eigenvalue weighted by Crippen LogP contribution is 2.41. The molecule has 0 spiro atoms. The Morgan fingerprint density at radius 3 is 1.23 bits per heavy atom. The molecule has 15 heteroatoms. The van der Waals surface area contributed by atoms with Crippen molar-refractivity contribution in [1.82, 2.24) is 0 Å². The van der Waals surface area contributed by atoms with E-state index >= 15 is 0 Å². The van der Waals surface area contributed by atoms with E-state index in [1.807, 2.05) is 0 Å². The quantitative estimate of drug-likeness (QED) is 0.116. The highest BCUT2D eigenvalue weighted by atomic mass is 32.2. The summed E-state index contributed by atoms with van der Waals surface area (Å²) in [5, 5.41) is 21.5. The van der Waals surface area contributed by atoms with E-state index in [1.54, 1.807) is 0 Å². The fourth-order valence-electron chi connectivity index (χ4n) is 3.73. The van der Waals surface area contributed by atoms with Crippen LogP contribution >= 0.6 is 0 Å². The average molecular weight is 619 g/mol. The maximum Gasteiger partial charge on any atom is 0.420 e. The molecule has 0 aliphatic carbocycles. The van der Waals surface area contributed by atoms with Gasteiger partial charge in [0.1, 0.15) is 34.1 Å². The predicted molar refractivity (Wildman–Crippen MR) is 140 cm³/mol. The van der Waals surface area contributed by atoms with Gasteiger partial charge in [-0.3, -0.25) is 10.6 Å². The van der Waals surface area contributed by atoms with Gasteiger partial charge in [-0.2, -0.15) is 36.9 Å². The van der Waals surface area contributed by atoms with E-state index in [2.05, 4.69) is 10.6 Å². The van der Waals surface area contributed by atoms with Crippen molar-refractivity contribution in [2.24, 2.45) is 0 Å². The van der Waals surface area contributed by atoms with Crippen LogP contribution in [0.4, 0.5) is 37.7 Å². The second-order valence-corrected chi connectivity index (χ2v) is 10.5. The molecule has 0 saturated carbocycles. The van der Waals surface area contributed by atoms with Gasteiger partial charge in [0, 0.05) is 11.4 Å². The van der Waals surface area contributed by atoms with Crippen molar-refractivity contribution in [2.75, 3.05) is 10.6 Å². The Morgan fingerprint density at radius 1 is 0.581 bits per heavy atom. The molecule has 0 bridgehead atoms. The molecule has 0 unspecified atom stereocenters. The molecule has 2 N–H and O–H groups in total. The van der Waals surface area contributed by atoms with Crippen molar-refractivity contribution in [3.8, 4) is 35.4 Å². The lowest BCUT2D eigenvalue weighted by Crippen LogP contribution is -2.08. The number of nitriles is 2. The molecule has 0 heterocycles. The second kappa shape index (κ2) is 11.8. The van der Waals surface area contributed by atoms with Crippen molar-refractivity contribution in [3.63, 3.8) is 0 Å². The standard InChI is InChI=1S/C28H16F6N4O4S/c29-27(30,31)23-13-17(37-15-35)1-11-25(23)41-19-3-7-21(8-4-19)43(39,40)22-9-5-20(6-10-22)42-26-12-2-18(38-16-36)14-24(26)28(32,33)34/h1-14,37-38H. The molecule has 0 saturated heterocycles. The van der Waals surface area contributed by atoms with Gasteiger partial charge in [-0.25, -0.2) is 8.42 Å². The smallest absolute Gasteiger partial charge is 0.420 e. The van der Waals surface area contributed by atoms with Crippen LogP contribution in [0.25, 0.3) is 0 Å². The fraction of sp³-hybridized carbons (Fsp3) is 0.0714. The fourth-order valence-corrected chi connectivity index (χ4v) is 4.99. The van der Waals surface area contributed by atoms with Crippen LogP contribution in [-0.2, 0) is 22.2 Å². The normalized spacial score (nSPS) is 11.6. The summed E-state index contributed by atoms with van der Waals surface area (Å²) in [6.07, 6.45) is -6.59. The van der Waals surface area contributed by atoms with Gasteiger partial charge < -0.3 is 9.47 Å². The number of hydrogen-bond acceptors (Lipinski definition) is 8. The Kier molecular flexibility index (Phi) is 8.40. The van der Waals surface area contributed by atoms with Gasteiger partial charge in [0.2, 0.25) is 9.84 Å². The molecule has 220 valence electrons. The lowest BCUT2D eigenvalue weighted by molar-refractivity contribution is -0.139. The van der Waals surface area contributed by atoms with Crippen molar-refractivity contribution in [2.45, 2.75) is 22.1 Å². The summed E-state index contributed by atoms with van der Waals surface area (Å²) in [4.78, 5) is -0.476. The molecule has 0 atom stereocenters. The van der Waals surface area contributed by atoms with Crippen LogP contribution < -0.4 is 20.1 Å². The largest absolute Gasteiger partial charge is 0.457 e. The number of alkyl halides is 6. The van der Waals surface area contributed by atoms with Gasteiger partial charge in [-0.05, 0) is 84.9 Å². The molecule has 0 aromatic heterocycles. The van der Waals surface area contributed by atoms with Crippen LogP contribution in [-0.4, -0.2) is 8.42 Å². The second-order valence-electron chi connectivity index (χ2n) is 8.54. The molecule has 0 fully saturated rings. The van der Waals surface area contributed by atoms with E-state index in [4.69, 9.17) is 20.0 Å². The van der Waals surface area contributed by atoms with Gasteiger partial charge >= 0.3 is 12.4 Å².